The fraction of sp³-hybridized carbons (Fsp3) is 0.0952. The Morgan fingerprint density at radius 3 is 2.62 bits per heavy atom. The van der Waals surface area contributed by atoms with Crippen LogP contribution in [0.1, 0.15) is 22.8 Å². The van der Waals surface area contributed by atoms with E-state index < -0.39 is 5.97 Å². The molecule has 0 fully saturated rings. The van der Waals surface area contributed by atoms with Crippen molar-refractivity contribution >= 4 is 22.6 Å². The van der Waals surface area contributed by atoms with Crippen molar-refractivity contribution in [1.82, 2.24) is 9.38 Å². The number of hydrogen-bond donors (Lipinski definition) is 0. The molecule has 0 radical (unpaired) electrons. The quantitative estimate of drug-likeness (QED) is 0.524. The van der Waals surface area contributed by atoms with Gasteiger partial charge in [-0.2, -0.15) is 5.26 Å². The number of nitrogens with zero attached hydrogens (tertiary/aromatic N) is 3. The van der Waals surface area contributed by atoms with E-state index in [1.165, 1.54) is 0 Å². The lowest BCUT2D eigenvalue weighted by atomic mass is 10.0. The van der Waals surface area contributed by atoms with Crippen molar-refractivity contribution in [1.29, 1.82) is 5.26 Å². The molecule has 2 aromatic carbocycles. The number of benzene rings is 2. The Bertz CT molecular complexity index is 1170. The first-order chi connectivity index (χ1) is 12.7. The van der Waals surface area contributed by atoms with E-state index >= 15 is 0 Å². The summed E-state index contributed by atoms with van der Waals surface area (Å²) >= 11 is 0. The van der Waals surface area contributed by atoms with Gasteiger partial charge in [-0.25, -0.2) is 9.78 Å². The molecule has 0 N–H and O–H groups in total. The lowest BCUT2D eigenvalue weighted by Gasteiger charge is -2.12. The molecule has 2 heterocycles. The average Bonchev–Trinajstić information content (AvgIpc) is 3.07. The zero-order valence-electron chi connectivity index (χ0n) is 14.1. The van der Waals surface area contributed by atoms with Crippen molar-refractivity contribution in [3.8, 4) is 17.3 Å². The third kappa shape index (κ3) is 2.40. The molecule has 0 spiro atoms. The highest BCUT2D eigenvalue weighted by atomic mass is 16.5. The van der Waals surface area contributed by atoms with E-state index in [1.807, 2.05) is 59.0 Å². The van der Waals surface area contributed by atoms with Gasteiger partial charge in [-0.05, 0) is 30.7 Å². The third-order valence-corrected chi connectivity index (χ3v) is 4.25. The highest BCUT2D eigenvalue weighted by Gasteiger charge is 2.22. The van der Waals surface area contributed by atoms with Crippen LogP contribution in [0.2, 0.25) is 0 Å². The fourth-order valence-corrected chi connectivity index (χ4v) is 3.13. The number of esters is 1. The molecule has 0 saturated heterocycles. The molecular formula is C21H15N3O2. The van der Waals surface area contributed by atoms with Gasteiger partial charge in [0.1, 0.15) is 11.6 Å². The zero-order chi connectivity index (χ0) is 18.1. The molecule has 0 amide bonds. The molecule has 0 saturated carbocycles. The predicted octanol–water partition coefficient (Wildman–Crippen LogP) is 4.20. The van der Waals surface area contributed by atoms with Gasteiger partial charge in [0.2, 0.25) is 0 Å². The van der Waals surface area contributed by atoms with E-state index in [-0.39, 0.29) is 17.7 Å². The van der Waals surface area contributed by atoms with E-state index in [0.29, 0.717) is 5.65 Å². The van der Waals surface area contributed by atoms with E-state index in [4.69, 9.17) is 4.74 Å². The number of carbonyl (C=O) groups excluding carboxylic acids is 1. The van der Waals surface area contributed by atoms with Gasteiger partial charge in [0.25, 0.3) is 0 Å². The minimum Gasteiger partial charge on any atom is -0.462 e. The van der Waals surface area contributed by atoms with E-state index in [9.17, 15) is 10.1 Å². The second-order valence-electron chi connectivity index (χ2n) is 5.78. The van der Waals surface area contributed by atoms with Gasteiger partial charge in [0.15, 0.2) is 5.65 Å². The standard InChI is InChI=1S/C21H15N3O2/c1-2-26-21(25)15-12-19(14-8-4-3-5-9-14)24-18-11-7-6-10-17(18)23-20(24)16(15)13-22/h3-12H,2H2,1H3. The Balaban J connectivity index is 2.17. The first-order valence-electron chi connectivity index (χ1n) is 8.31. The molecule has 26 heavy (non-hydrogen) atoms. The van der Waals surface area contributed by atoms with E-state index in [0.717, 1.165) is 22.3 Å². The molecule has 4 aromatic rings. The summed E-state index contributed by atoms with van der Waals surface area (Å²) in [6.07, 6.45) is 0. The maximum Gasteiger partial charge on any atom is 0.339 e. The predicted molar refractivity (Wildman–Crippen MR) is 98.8 cm³/mol. The maximum absolute atomic E-state index is 12.5. The van der Waals surface area contributed by atoms with Crippen LogP contribution in [0.4, 0.5) is 0 Å². The molecule has 5 nitrogen and oxygen atoms in total. The maximum atomic E-state index is 12.5. The second kappa shape index (κ2) is 6.34. The fourth-order valence-electron chi connectivity index (χ4n) is 3.13. The summed E-state index contributed by atoms with van der Waals surface area (Å²) < 4.78 is 7.08. The summed E-state index contributed by atoms with van der Waals surface area (Å²) in [6.45, 7) is 1.98. The molecule has 0 aliphatic carbocycles. The molecule has 5 heteroatoms. The molecule has 2 aromatic heterocycles. The van der Waals surface area contributed by atoms with E-state index in [2.05, 4.69) is 11.1 Å². The number of carbonyl (C=O) groups is 1. The number of rotatable bonds is 3. The smallest absolute Gasteiger partial charge is 0.339 e. The molecule has 4 rings (SSSR count). The molecular weight excluding hydrogens is 326 g/mol. The number of hydrogen-bond acceptors (Lipinski definition) is 4. The monoisotopic (exact) mass is 341 g/mol. The second-order valence-corrected chi connectivity index (χ2v) is 5.78. The molecule has 0 unspecified atom stereocenters. The van der Waals surface area contributed by atoms with Crippen LogP contribution in [0.25, 0.3) is 27.9 Å². The van der Waals surface area contributed by atoms with Crippen molar-refractivity contribution in [2.24, 2.45) is 0 Å². The number of para-hydroxylation sites is 2. The van der Waals surface area contributed by atoms with Crippen LogP contribution >= 0.6 is 0 Å². The highest BCUT2D eigenvalue weighted by Crippen LogP contribution is 2.30. The van der Waals surface area contributed by atoms with Gasteiger partial charge >= 0.3 is 5.97 Å². The Hall–Kier alpha value is -3.65. The van der Waals surface area contributed by atoms with Crippen LogP contribution < -0.4 is 0 Å². The van der Waals surface area contributed by atoms with Crippen LogP contribution in [-0.2, 0) is 4.74 Å². The Morgan fingerprint density at radius 1 is 1.15 bits per heavy atom. The van der Waals surface area contributed by atoms with Crippen LogP contribution in [0.15, 0.2) is 60.7 Å². The Labute approximate surface area is 150 Å². The SMILES string of the molecule is CCOC(=O)c1cc(-c2ccccc2)n2c(nc3ccccc32)c1C#N. The number of nitriles is 1. The van der Waals surface area contributed by atoms with Gasteiger partial charge in [-0.3, -0.25) is 4.40 Å². The van der Waals surface area contributed by atoms with Crippen LogP contribution in [-0.4, -0.2) is 22.0 Å². The minimum absolute atomic E-state index is 0.222. The van der Waals surface area contributed by atoms with Crippen LogP contribution in [0.3, 0.4) is 0 Å². The van der Waals surface area contributed by atoms with Gasteiger partial charge in [-0.1, -0.05) is 42.5 Å². The van der Waals surface area contributed by atoms with Crippen molar-refractivity contribution < 1.29 is 9.53 Å². The molecule has 0 atom stereocenters. The van der Waals surface area contributed by atoms with Gasteiger partial charge in [0, 0.05) is 0 Å². The number of ether oxygens (including phenoxy) is 1. The highest BCUT2D eigenvalue weighted by molar-refractivity contribution is 5.98. The summed E-state index contributed by atoms with van der Waals surface area (Å²) in [5.41, 5.74) is 4.27. The topological polar surface area (TPSA) is 67.4 Å². The lowest BCUT2D eigenvalue weighted by molar-refractivity contribution is 0.0526. The summed E-state index contributed by atoms with van der Waals surface area (Å²) in [6, 6.07) is 21.2. The normalized spacial score (nSPS) is 10.8. The van der Waals surface area contributed by atoms with Crippen LogP contribution in [0, 0.1) is 11.3 Å². The zero-order valence-corrected chi connectivity index (χ0v) is 14.1. The summed E-state index contributed by atoms with van der Waals surface area (Å²) in [7, 11) is 0. The lowest BCUT2D eigenvalue weighted by Crippen LogP contribution is -2.10. The molecule has 126 valence electrons. The Kier molecular flexibility index (Phi) is 3.86. The first kappa shape index (κ1) is 15.9. The minimum atomic E-state index is -0.518. The Morgan fingerprint density at radius 2 is 1.88 bits per heavy atom. The van der Waals surface area contributed by atoms with Gasteiger partial charge < -0.3 is 4.74 Å². The first-order valence-corrected chi connectivity index (χ1v) is 8.31. The van der Waals surface area contributed by atoms with Gasteiger partial charge in [-0.15, -0.1) is 0 Å². The summed E-state index contributed by atoms with van der Waals surface area (Å²) in [4.78, 5) is 17.1. The number of fused-ring (bicyclic) bond motifs is 3. The largest absolute Gasteiger partial charge is 0.462 e. The average molecular weight is 341 g/mol. The number of imidazole rings is 1. The number of pyridine rings is 1. The van der Waals surface area contributed by atoms with Crippen molar-refractivity contribution in [3.63, 3.8) is 0 Å². The molecule has 0 aliphatic rings. The number of aromatic nitrogens is 2. The van der Waals surface area contributed by atoms with Gasteiger partial charge in [0.05, 0.1) is 28.9 Å². The van der Waals surface area contributed by atoms with Crippen molar-refractivity contribution in [2.75, 3.05) is 6.61 Å². The molecule has 0 aliphatic heterocycles. The van der Waals surface area contributed by atoms with Crippen molar-refractivity contribution in [3.05, 3.63) is 71.8 Å². The van der Waals surface area contributed by atoms with Crippen LogP contribution in [0.5, 0.6) is 0 Å². The van der Waals surface area contributed by atoms with Crippen molar-refractivity contribution in [2.45, 2.75) is 6.92 Å². The van der Waals surface area contributed by atoms with E-state index in [1.54, 1.807) is 13.0 Å². The third-order valence-electron chi connectivity index (χ3n) is 4.25. The summed E-state index contributed by atoms with van der Waals surface area (Å²) in [5.74, 6) is -0.518. The summed E-state index contributed by atoms with van der Waals surface area (Å²) in [5, 5.41) is 9.71. The molecule has 0 bridgehead atoms.